The second-order valence-corrected chi connectivity index (χ2v) is 5.12. The van der Waals surface area contributed by atoms with Crippen LogP contribution in [0.15, 0.2) is 12.1 Å². The SMILES string of the molecule is Cc1ccc(C(=O)C(C)(C)CN)s1. The number of thiophene rings is 1. The van der Waals surface area contributed by atoms with E-state index in [1.54, 1.807) is 0 Å². The zero-order valence-electron chi connectivity index (χ0n) is 8.26. The van der Waals surface area contributed by atoms with Crippen molar-refractivity contribution in [2.75, 3.05) is 6.54 Å². The molecule has 3 heteroatoms. The molecule has 0 radical (unpaired) electrons. The Kier molecular flexibility index (Phi) is 2.88. The lowest BCUT2D eigenvalue weighted by atomic mass is 9.87. The number of Topliss-reactive ketones (excluding diaryl/α,β-unsaturated/α-hetero) is 1. The first-order chi connectivity index (χ1) is 5.97. The van der Waals surface area contributed by atoms with Crippen molar-refractivity contribution < 1.29 is 4.79 Å². The Morgan fingerprint density at radius 1 is 1.54 bits per heavy atom. The average molecular weight is 197 g/mol. The first-order valence-electron chi connectivity index (χ1n) is 4.28. The standard InChI is InChI=1S/C10H15NOS/c1-7-4-5-8(13-7)9(12)10(2,3)6-11/h4-5H,6,11H2,1-3H3. The lowest BCUT2D eigenvalue weighted by molar-refractivity contribution is 0.0852. The van der Waals surface area contributed by atoms with E-state index in [1.165, 1.54) is 11.3 Å². The van der Waals surface area contributed by atoms with E-state index >= 15 is 0 Å². The van der Waals surface area contributed by atoms with Crippen LogP contribution in [0.4, 0.5) is 0 Å². The van der Waals surface area contributed by atoms with Crippen LogP contribution in [0.5, 0.6) is 0 Å². The van der Waals surface area contributed by atoms with E-state index in [0.29, 0.717) is 6.54 Å². The van der Waals surface area contributed by atoms with Crippen molar-refractivity contribution in [2.24, 2.45) is 11.1 Å². The van der Waals surface area contributed by atoms with Crippen LogP contribution in [0.1, 0.15) is 28.4 Å². The number of hydrogen-bond donors (Lipinski definition) is 1. The van der Waals surface area contributed by atoms with Crippen LogP contribution in [0.25, 0.3) is 0 Å². The Hall–Kier alpha value is -0.670. The van der Waals surface area contributed by atoms with E-state index in [4.69, 9.17) is 5.73 Å². The summed E-state index contributed by atoms with van der Waals surface area (Å²) in [5, 5.41) is 0. The first kappa shape index (κ1) is 10.4. The van der Waals surface area contributed by atoms with E-state index in [-0.39, 0.29) is 5.78 Å². The summed E-state index contributed by atoms with van der Waals surface area (Å²) in [4.78, 5) is 13.8. The molecule has 0 unspecified atom stereocenters. The van der Waals surface area contributed by atoms with Gasteiger partial charge in [0, 0.05) is 16.8 Å². The van der Waals surface area contributed by atoms with Gasteiger partial charge < -0.3 is 5.73 Å². The smallest absolute Gasteiger partial charge is 0.179 e. The van der Waals surface area contributed by atoms with Crippen molar-refractivity contribution in [3.63, 3.8) is 0 Å². The van der Waals surface area contributed by atoms with Crippen molar-refractivity contribution in [3.8, 4) is 0 Å². The molecule has 1 aromatic rings. The number of carbonyl (C=O) groups is 1. The fraction of sp³-hybridized carbons (Fsp3) is 0.500. The minimum Gasteiger partial charge on any atom is -0.329 e. The highest BCUT2D eigenvalue weighted by Gasteiger charge is 2.27. The Balaban J connectivity index is 2.91. The summed E-state index contributed by atoms with van der Waals surface area (Å²) in [5.74, 6) is 0.146. The van der Waals surface area contributed by atoms with Gasteiger partial charge in [-0.25, -0.2) is 0 Å². The summed E-state index contributed by atoms with van der Waals surface area (Å²) in [5.41, 5.74) is 5.10. The first-order valence-corrected chi connectivity index (χ1v) is 5.10. The Morgan fingerprint density at radius 2 is 2.15 bits per heavy atom. The van der Waals surface area contributed by atoms with Gasteiger partial charge in [0.15, 0.2) is 5.78 Å². The van der Waals surface area contributed by atoms with E-state index in [2.05, 4.69) is 0 Å². The molecular weight excluding hydrogens is 182 g/mol. The van der Waals surface area contributed by atoms with Gasteiger partial charge in [0.25, 0.3) is 0 Å². The van der Waals surface area contributed by atoms with Gasteiger partial charge in [-0.2, -0.15) is 0 Å². The highest BCUT2D eigenvalue weighted by Crippen LogP contribution is 2.25. The maximum Gasteiger partial charge on any atom is 0.179 e. The molecular formula is C10H15NOS. The molecule has 2 nitrogen and oxygen atoms in total. The van der Waals surface area contributed by atoms with Gasteiger partial charge in [-0.3, -0.25) is 4.79 Å². The van der Waals surface area contributed by atoms with Crippen LogP contribution in [-0.4, -0.2) is 12.3 Å². The van der Waals surface area contributed by atoms with Crippen LogP contribution < -0.4 is 5.73 Å². The second-order valence-electron chi connectivity index (χ2n) is 3.83. The molecule has 0 atom stereocenters. The lowest BCUT2D eigenvalue weighted by Gasteiger charge is -2.19. The average Bonchev–Trinajstić information content (AvgIpc) is 2.50. The lowest BCUT2D eigenvalue weighted by Crippen LogP contribution is -2.32. The summed E-state index contributed by atoms with van der Waals surface area (Å²) in [6.07, 6.45) is 0. The third-order valence-corrected chi connectivity index (χ3v) is 3.09. The Labute approximate surface area is 82.8 Å². The van der Waals surface area contributed by atoms with Gasteiger partial charge in [0.1, 0.15) is 0 Å². The summed E-state index contributed by atoms with van der Waals surface area (Å²) >= 11 is 1.53. The summed E-state index contributed by atoms with van der Waals surface area (Å²) in [6.45, 7) is 6.15. The van der Waals surface area contributed by atoms with Crippen LogP contribution >= 0.6 is 11.3 Å². The van der Waals surface area contributed by atoms with Crippen molar-refractivity contribution >= 4 is 17.1 Å². The summed E-state index contributed by atoms with van der Waals surface area (Å²) in [7, 11) is 0. The zero-order valence-corrected chi connectivity index (χ0v) is 9.07. The van der Waals surface area contributed by atoms with Crippen LogP contribution in [0.3, 0.4) is 0 Å². The maximum atomic E-state index is 11.8. The fourth-order valence-corrected chi connectivity index (χ4v) is 1.97. The molecule has 0 aliphatic rings. The molecule has 0 fully saturated rings. The molecule has 0 saturated carbocycles. The van der Waals surface area contributed by atoms with Gasteiger partial charge in [-0.15, -0.1) is 11.3 Å². The number of hydrogen-bond acceptors (Lipinski definition) is 3. The van der Waals surface area contributed by atoms with E-state index < -0.39 is 5.41 Å². The van der Waals surface area contributed by atoms with Crippen molar-refractivity contribution in [1.29, 1.82) is 0 Å². The van der Waals surface area contributed by atoms with Crippen molar-refractivity contribution in [1.82, 2.24) is 0 Å². The topological polar surface area (TPSA) is 43.1 Å². The van der Waals surface area contributed by atoms with Crippen molar-refractivity contribution in [3.05, 3.63) is 21.9 Å². The van der Waals surface area contributed by atoms with Gasteiger partial charge in [0.2, 0.25) is 0 Å². The van der Waals surface area contributed by atoms with Crippen molar-refractivity contribution in [2.45, 2.75) is 20.8 Å². The molecule has 0 aliphatic carbocycles. The zero-order chi connectivity index (χ0) is 10.1. The normalized spacial score (nSPS) is 11.7. The molecule has 0 spiro atoms. The fourth-order valence-electron chi connectivity index (χ4n) is 0.983. The molecule has 0 amide bonds. The van der Waals surface area contributed by atoms with Gasteiger partial charge in [0.05, 0.1) is 4.88 Å². The van der Waals surface area contributed by atoms with Crippen LogP contribution in [0, 0.1) is 12.3 Å². The molecule has 2 N–H and O–H groups in total. The predicted octanol–water partition coefficient (Wildman–Crippen LogP) is 2.22. The molecule has 1 heterocycles. The van der Waals surface area contributed by atoms with E-state index in [9.17, 15) is 4.79 Å². The predicted molar refractivity (Wildman–Crippen MR) is 56.2 cm³/mol. The quantitative estimate of drug-likeness (QED) is 0.755. The second kappa shape index (κ2) is 3.60. The third-order valence-electron chi connectivity index (χ3n) is 2.09. The molecule has 0 aromatic carbocycles. The van der Waals surface area contributed by atoms with Gasteiger partial charge in [-0.1, -0.05) is 13.8 Å². The number of rotatable bonds is 3. The molecule has 1 aromatic heterocycles. The van der Waals surface area contributed by atoms with E-state index in [0.717, 1.165) is 9.75 Å². The molecule has 1 rings (SSSR count). The molecule has 0 saturated heterocycles. The molecule has 0 bridgehead atoms. The Morgan fingerprint density at radius 3 is 2.54 bits per heavy atom. The number of ketones is 1. The maximum absolute atomic E-state index is 11.8. The molecule has 0 aliphatic heterocycles. The summed E-state index contributed by atoms with van der Waals surface area (Å²) in [6, 6.07) is 3.84. The highest BCUT2D eigenvalue weighted by atomic mass is 32.1. The van der Waals surface area contributed by atoms with Crippen LogP contribution in [0.2, 0.25) is 0 Å². The van der Waals surface area contributed by atoms with Gasteiger partial charge in [-0.05, 0) is 19.1 Å². The molecule has 13 heavy (non-hydrogen) atoms. The third kappa shape index (κ3) is 2.17. The minimum absolute atomic E-state index is 0.146. The largest absolute Gasteiger partial charge is 0.329 e. The van der Waals surface area contributed by atoms with E-state index in [1.807, 2.05) is 32.9 Å². The Bertz CT molecular complexity index is 314. The van der Waals surface area contributed by atoms with Gasteiger partial charge >= 0.3 is 0 Å². The summed E-state index contributed by atoms with van der Waals surface area (Å²) < 4.78 is 0. The number of aryl methyl sites for hydroxylation is 1. The van der Waals surface area contributed by atoms with Crippen LogP contribution in [-0.2, 0) is 0 Å². The molecule has 72 valence electrons. The number of carbonyl (C=O) groups excluding carboxylic acids is 1. The minimum atomic E-state index is -0.433. The monoisotopic (exact) mass is 197 g/mol. The highest BCUT2D eigenvalue weighted by molar-refractivity contribution is 7.14. The number of nitrogens with two attached hydrogens (primary N) is 1.